The molecule has 72 valence electrons. The molecule has 0 aliphatic heterocycles. The molecule has 1 rings (SSSR count). The second kappa shape index (κ2) is 4.21. The summed E-state index contributed by atoms with van der Waals surface area (Å²) in [6, 6.07) is 2.52. The van der Waals surface area contributed by atoms with Crippen molar-refractivity contribution in [3.63, 3.8) is 0 Å². The average molecular weight is 186 g/mol. The summed E-state index contributed by atoms with van der Waals surface area (Å²) in [5, 5.41) is 0. The molecule has 0 bridgehead atoms. The Labute approximate surface area is 76.3 Å². The van der Waals surface area contributed by atoms with Crippen LogP contribution in [0, 0.1) is 18.6 Å². The first-order valence-electron chi connectivity index (χ1n) is 4.24. The van der Waals surface area contributed by atoms with Crippen molar-refractivity contribution in [2.45, 2.75) is 20.3 Å². The standard InChI is InChI=1S/C10H12F2O/c1-3-6-13-9-5-4-8(11)10(12)7(9)2/h4-5H,3,6H2,1-2H3. The lowest BCUT2D eigenvalue weighted by atomic mass is 10.2. The van der Waals surface area contributed by atoms with Crippen LogP contribution in [0.15, 0.2) is 12.1 Å². The van der Waals surface area contributed by atoms with Crippen LogP contribution < -0.4 is 4.74 Å². The molecule has 0 aromatic heterocycles. The lowest BCUT2D eigenvalue weighted by Crippen LogP contribution is -1.99. The quantitative estimate of drug-likeness (QED) is 0.704. The number of halogens is 2. The summed E-state index contributed by atoms with van der Waals surface area (Å²) in [4.78, 5) is 0. The first-order chi connectivity index (χ1) is 6.16. The molecule has 3 heteroatoms. The fourth-order valence-corrected chi connectivity index (χ4v) is 1.00. The van der Waals surface area contributed by atoms with Crippen LogP contribution >= 0.6 is 0 Å². The van der Waals surface area contributed by atoms with E-state index in [1.54, 1.807) is 0 Å². The highest BCUT2D eigenvalue weighted by molar-refractivity contribution is 5.33. The summed E-state index contributed by atoms with van der Waals surface area (Å²) < 4.78 is 30.8. The van der Waals surface area contributed by atoms with E-state index in [1.807, 2.05) is 6.92 Å². The second-order valence-corrected chi connectivity index (χ2v) is 2.83. The van der Waals surface area contributed by atoms with E-state index in [0.29, 0.717) is 12.4 Å². The van der Waals surface area contributed by atoms with Gasteiger partial charge in [-0.2, -0.15) is 0 Å². The molecule has 0 atom stereocenters. The fraction of sp³-hybridized carbons (Fsp3) is 0.400. The molecule has 1 aromatic rings. The van der Waals surface area contributed by atoms with E-state index < -0.39 is 11.6 Å². The smallest absolute Gasteiger partial charge is 0.165 e. The molecular formula is C10H12F2O. The Morgan fingerprint density at radius 2 is 2.00 bits per heavy atom. The van der Waals surface area contributed by atoms with Gasteiger partial charge in [0.25, 0.3) is 0 Å². The Bertz CT molecular complexity index is 297. The lowest BCUT2D eigenvalue weighted by molar-refractivity contribution is 0.311. The SMILES string of the molecule is CCCOc1ccc(F)c(F)c1C. The summed E-state index contributed by atoms with van der Waals surface area (Å²) in [7, 11) is 0. The van der Waals surface area contributed by atoms with Crippen molar-refractivity contribution in [2.75, 3.05) is 6.61 Å². The summed E-state index contributed by atoms with van der Waals surface area (Å²) >= 11 is 0. The van der Waals surface area contributed by atoms with Crippen molar-refractivity contribution < 1.29 is 13.5 Å². The highest BCUT2D eigenvalue weighted by Crippen LogP contribution is 2.22. The molecule has 0 saturated carbocycles. The molecule has 0 radical (unpaired) electrons. The third-order valence-electron chi connectivity index (χ3n) is 1.75. The minimum atomic E-state index is -0.832. The van der Waals surface area contributed by atoms with Gasteiger partial charge in [0.05, 0.1) is 6.61 Å². The van der Waals surface area contributed by atoms with Gasteiger partial charge in [-0.15, -0.1) is 0 Å². The topological polar surface area (TPSA) is 9.23 Å². The molecule has 13 heavy (non-hydrogen) atoms. The lowest BCUT2D eigenvalue weighted by Gasteiger charge is -2.08. The molecule has 0 fully saturated rings. The minimum Gasteiger partial charge on any atom is -0.493 e. The van der Waals surface area contributed by atoms with Crippen molar-refractivity contribution in [1.82, 2.24) is 0 Å². The number of hydrogen-bond donors (Lipinski definition) is 0. The van der Waals surface area contributed by atoms with Crippen LogP contribution in [0.25, 0.3) is 0 Å². The molecule has 0 N–H and O–H groups in total. The van der Waals surface area contributed by atoms with Crippen molar-refractivity contribution in [1.29, 1.82) is 0 Å². The average Bonchev–Trinajstić information content (AvgIpc) is 2.13. The van der Waals surface area contributed by atoms with Gasteiger partial charge in [-0.3, -0.25) is 0 Å². The van der Waals surface area contributed by atoms with E-state index >= 15 is 0 Å². The van der Waals surface area contributed by atoms with Gasteiger partial charge in [0.2, 0.25) is 0 Å². The van der Waals surface area contributed by atoms with Gasteiger partial charge < -0.3 is 4.74 Å². The van der Waals surface area contributed by atoms with Crippen molar-refractivity contribution in [3.05, 3.63) is 29.3 Å². The molecule has 0 spiro atoms. The van der Waals surface area contributed by atoms with Gasteiger partial charge in [0.15, 0.2) is 11.6 Å². The molecule has 0 amide bonds. The van der Waals surface area contributed by atoms with Crippen LogP contribution in [0.3, 0.4) is 0 Å². The Morgan fingerprint density at radius 1 is 1.31 bits per heavy atom. The molecule has 1 nitrogen and oxygen atoms in total. The van der Waals surface area contributed by atoms with E-state index in [0.717, 1.165) is 12.5 Å². The van der Waals surface area contributed by atoms with Gasteiger partial charge >= 0.3 is 0 Å². The van der Waals surface area contributed by atoms with E-state index in [1.165, 1.54) is 13.0 Å². The van der Waals surface area contributed by atoms with Crippen LogP contribution in [0.2, 0.25) is 0 Å². The number of ether oxygens (including phenoxy) is 1. The molecule has 1 aromatic carbocycles. The summed E-state index contributed by atoms with van der Waals surface area (Å²) in [5.74, 6) is -1.24. The van der Waals surface area contributed by atoms with Crippen LogP contribution in [0.1, 0.15) is 18.9 Å². The second-order valence-electron chi connectivity index (χ2n) is 2.83. The third-order valence-corrected chi connectivity index (χ3v) is 1.75. The van der Waals surface area contributed by atoms with E-state index in [-0.39, 0.29) is 5.56 Å². The Hall–Kier alpha value is -1.12. The normalized spacial score (nSPS) is 10.2. The van der Waals surface area contributed by atoms with Crippen molar-refractivity contribution >= 4 is 0 Å². The summed E-state index contributed by atoms with van der Waals surface area (Å²) in [5.41, 5.74) is 0.230. The van der Waals surface area contributed by atoms with Crippen LogP contribution in [-0.2, 0) is 0 Å². The van der Waals surface area contributed by atoms with Crippen LogP contribution in [-0.4, -0.2) is 6.61 Å². The first kappa shape index (κ1) is 9.96. The number of benzene rings is 1. The van der Waals surface area contributed by atoms with E-state index in [4.69, 9.17) is 4.74 Å². The Morgan fingerprint density at radius 3 is 2.62 bits per heavy atom. The zero-order valence-electron chi connectivity index (χ0n) is 7.73. The van der Waals surface area contributed by atoms with Gasteiger partial charge in [0.1, 0.15) is 5.75 Å². The third kappa shape index (κ3) is 2.17. The van der Waals surface area contributed by atoms with Crippen molar-refractivity contribution in [2.24, 2.45) is 0 Å². The molecule has 0 aliphatic carbocycles. The van der Waals surface area contributed by atoms with E-state index in [2.05, 4.69) is 0 Å². The maximum atomic E-state index is 13.0. The first-order valence-corrected chi connectivity index (χ1v) is 4.24. The van der Waals surface area contributed by atoms with Crippen molar-refractivity contribution in [3.8, 4) is 5.75 Å². The van der Waals surface area contributed by atoms with E-state index in [9.17, 15) is 8.78 Å². The van der Waals surface area contributed by atoms with Gasteiger partial charge in [-0.1, -0.05) is 6.92 Å². The maximum absolute atomic E-state index is 13.0. The Balaban J connectivity index is 2.90. The zero-order valence-corrected chi connectivity index (χ0v) is 7.73. The minimum absolute atomic E-state index is 0.230. The maximum Gasteiger partial charge on any atom is 0.165 e. The van der Waals surface area contributed by atoms with Gasteiger partial charge in [0, 0.05) is 5.56 Å². The van der Waals surface area contributed by atoms with Gasteiger partial charge in [-0.25, -0.2) is 8.78 Å². The van der Waals surface area contributed by atoms with Gasteiger partial charge in [-0.05, 0) is 25.5 Å². The van der Waals surface area contributed by atoms with Crippen LogP contribution in [0.4, 0.5) is 8.78 Å². The number of rotatable bonds is 3. The molecular weight excluding hydrogens is 174 g/mol. The predicted molar refractivity (Wildman–Crippen MR) is 46.9 cm³/mol. The summed E-state index contributed by atoms with van der Waals surface area (Å²) in [6.45, 7) is 3.98. The highest BCUT2D eigenvalue weighted by atomic mass is 19.2. The highest BCUT2D eigenvalue weighted by Gasteiger charge is 2.09. The Kier molecular flexibility index (Phi) is 3.23. The molecule has 0 unspecified atom stereocenters. The summed E-state index contributed by atoms with van der Waals surface area (Å²) in [6.07, 6.45) is 0.846. The predicted octanol–water partition coefficient (Wildman–Crippen LogP) is 3.06. The molecule has 0 heterocycles. The molecule has 0 aliphatic rings. The largest absolute Gasteiger partial charge is 0.493 e. The number of hydrogen-bond acceptors (Lipinski definition) is 1. The zero-order chi connectivity index (χ0) is 9.84. The fourth-order valence-electron chi connectivity index (χ4n) is 1.00. The van der Waals surface area contributed by atoms with Crippen LogP contribution in [0.5, 0.6) is 5.75 Å². The monoisotopic (exact) mass is 186 g/mol. The molecule has 0 saturated heterocycles.